The largest absolute Gasteiger partial charge is 0.481 e. The summed E-state index contributed by atoms with van der Waals surface area (Å²) in [4.78, 5) is 7.95. The number of hydrogen-bond donors (Lipinski definition) is 2. The average Bonchev–Trinajstić information content (AvgIpc) is 2.63. The fourth-order valence-corrected chi connectivity index (χ4v) is 3.49. The van der Waals surface area contributed by atoms with Gasteiger partial charge in [0.25, 0.3) is 10.0 Å². The molecule has 3 aromatic rings. The van der Waals surface area contributed by atoms with Crippen LogP contribution in [0, 0.1) is 12.7 Å². The second-order valence-electron chi connectivity index (χ2n) is 5.58. The fourth-order valence-electron chi connectivity index (χ4n) is 2.35. The Kier molecular flexibility index (Phi) is 5.22. The van der Waals surface area contributed by atoms with Gasteiger partial charge in [0, 0.05) is 17.4 Å². The maximum Gasteiger partial charge on any atom is 0.264 e. The molecule has 140 valence electrons. The van der Waals surface area contributed by atoms with Gasteiger partial charge in [-0.2, -0.15) is 4.98 Å². The number of ether oxygens (including phenoxy) is 1. The van der Waals surface area contributed by atoms with Crippen LogP contribution in [-0.4, -0.2) is 25.5 Å². The summed E-state index contributed by atoms with van der Waals surface area (Å²) in [6, 6.07) is 13.3. The Morgan fingerprint density at radius 3 is 2.33 bits per heavy atom. The van der Waals surface area contributed by atoms with Gasteiger partial charge in [0.1, 0.15) is 22.4 Å². The van der Waals surface area contributed by atoms with Crippen molar-refractivity contribution in [2.75, 3.05) is 17.1 Å². The molecular weight excluding hydrogens is 371 g/mol. The molecule has 0 aliphatic rings. The zero-order chi connectivity index (χ0) is 19.4. The quantitative estimate of drug-likeness (QED) is 0.672. The van der Waals surface area contributed by atoms with Gasteiger partial charge in [-0.3, -0.25) is 4.72 Å². The summed E-state index contributed by atoms with van der Waals surface area (Å²) < 4.78 is 45.8. The minimum Gasteiger partial charge on any atom is -0.481 e. The van der Waals surface area contributed by atoms with E-state index in [1.165, 1.54) is 25.3 Å². The van der Waals surface area contributed by atoms with Crippen LogP contribution in [-0.2, 0) is 10.0 Å². The molecule has 0 unspecified atom stereocenters. The average molecular weight is 388 g/mol. The fraction of sp³-hybridized carbons (Fsp3) is 0.111. The Balaban J connectivity index is 1.76. The summed E-state index contributed by atoms with van der Waals surface area (Å²) in [6.45, 7) is 1.74. The van der Waals surface area contributed by atoms with Crippen LogP contribution < -0.4 is 14.8 Å². The predicted octanol–water partition coefficient (Wildman–Crippen LogP) is 3.48. The second kappa shape index (κ2) is 7.58. The lowest BCUT2D eigenvalue weighted by atomic mass is 10.3. The van der Waals surface area contributed by atoms with Gasteiger partial charge in [0.2, 0.25) is 5.88 Å². The highest BCUT2D eigenvalue weighted by Crippen LogP contribution is 2.22. The minimum absolute atomic E-state index is 0.306. The molecule has 0 amide bonds. The van der Waals surface area contributed by atoms with Crippen molar-refractivity contribution in [1.82, 2.24) is 9.97 Å². The lowest BCUT2D eigenvalue weighted by Gasteiger charge is -2.11. The third-order valence-electron chi connectivity index (χ3n) is 3.56. The van der Waals surface area contributed by atoms with Gasteiger partial charge in [-0.05, 0) is 43.3 Å². The number of sulfonamides is 1. The first-order valence-electron chi connectivity index (χ1n) is 7.91. The highest BCUT2D eigenvalue weighted by molar-refractivity contribution is 7.92. The van der Waals surface area contributed by atoms with Crippen molar-refractivity contribution < 1.29 is 17.5 Å². The van der Waals surface area contributed by atoms with E-state index >= 15 is 0 Å². The number of methoxy groups -OCH3 is 1. The number of nitrogens with one attached hydrogen (secondary N) is 2. The van der Waals surface area contributed by atoms with E-state index in [1.54, 1.807) is 37.3 Å². The molecule has 0 fully saturated rings. The maximum atomic E-state index is 13.7. The monoisotopic (exact) mass is 388 g/mol. The van der Waals surface area contributed by atoms with Gasteiger partial charge in [-0.15, -0.1) is 0 Å². The molecule has 0 radical (unpaired) electrons. The highest BCUT2D eigenvalue weighted by Gasteiger charge is 2.18. The Labute approximate surface area is 156 Å². The SMILES string of the molecule is COc1cc(Nc2ccc(NS(=O)(=O)c3ccccc3F)cc2)nc(C)n1. The summed E-state index contributed by atoms with van der Waals surface area (Å²) in [5.74, 6) is 0.709. The van der Waals surface area contributed by atoms with Gasteiger partial charge >= 0.3 is 0 Å². The maximum absolute atomic E-state index is 13.7. The van der Waals surface area contributed by atoms with Crippen LogP contribution in [0.25, 0.3) is 0 Å². The summed E-state index contributed by atoms with van der Waals surface area (Å²) in [7, 11) is -2.50. The molecule has 27 heavy (non-hydrogen) atoms. The molecule has 7 nitrogen and oxygen atoms in total. The van der Waals surface area contributed by atoms with Crippen LogP contribution in [0.15, 0.2) is 59.5 Å². The molecule has 0 bridgehead atoms. The van der Waals surface area contributed by atoms with Gasteiger partial charge in [0.15, 0.2) is 0 Å². The first-order valence-corrected chi connectivity index (χ1v) is 9.40. The van der Waals surface area contributed by atoms with Crippen molar-refractivity contribution in [3.63, 3.8) is 0 Å². The lowest BCUT2D eigenvalue weighted by molar-refractivity contribution is 0.396. The molecule has 2 N–H and O–H groups in total. The third kappa shape index (κ3) is 4.50. The predicted molar refractivity (Wildman–Crippen MR) is 100 cm³/mol. The molecule has 0 saturated heterocycles. The molecule has 1 aromatic heterocycles. The molecule has 3 rings (SSSR count). The molecule has 0 aliphatic carbocycles. The van der Waals surface area contributed by atoms with Crippen molar-refractivity contribution in [3.05, 3.63) is 66.2 Å². The number of anilines is 3. The minimum atomic E-state index is -4.01. The van der Waals surface area contributed by atoms with Crippen molar-refractivity contribution in [2.45, 2.75) is 11.8 Å². The third-order valence-corrected chi connectivity index (χ3v) is 4.97. The summed E-state index contributed by atoms with van der Waals surface area (Å²) in [5.41, 5.74) is 0.990. The number of aryl methyl sites for hydroxylation is 1. The second-order valence-corrected chi connectivity index (χ2v) is 7.23. The van der Waals surface area contributed by atoms with Gasteiger partial charge in [-0.25, -0.2) is 17.8 Å². The van der Waals surface area contributed by atoms with Crippen LogP contribution in [0.2, 0.25) is 0 Å². The first kappa shape index (κ1) is 18.6. The number of halogens is 1. The van der Waals surface area contributed by atoms with E-state index in [9.17, 15) is 12.8 Å². The molecular formula is C18H17FN4O3S. The Hall–Kier alpha value is -3.20. The molecule has 1 heterocycles. The van der Waals surface area contributed by atoms with Crippen molar-refractivity contribution in [3.8, 4) is 5.88 Å². The van der Waals surface area contributed by atoms with Crippen LogP contribution in [0.4, 0.5) is 21.6 Å². The van der Waals surface area contributed by atoms with Crippen molar-refractivity contribution in [2.24, 2.45) is 0 Å². The number of benzene rings is 2. The highest BCUT2D eigenvalue weighted by atomic mass is 32.2. The van der Waals surface area contributed by atoms with Gasteiger partial charge < -0.3 is 10.1 Å². The number of aromatic nitrogens is 2. The summed E-state index contributed by atoms with van der Waals surface area (Å²) in [6.07, 6.45) is 0. The number of nitrogens with zero attached hydrogens (tertiary/aromatic N) is 2. The zero-order valence-corrected chi connectivity index (χ0v) is 15.4. The van der Waals surface area contributed by atoms with Crippen LogP contribution in [0.1, 0.15) is 5.82 Å². The summed E-state index contributed by atoms with van der Waals surface area (Å²) >= 11 is 0. The van der Waals surface area contributed by atoms with E-state index < -0.39 is 20.7 Å². The summed E-state index contributed by atoms with van der Waals surface area (Å²) in [5, 5.41) is 3.08. The molecule has 2 aromatic carbocycles. The number of rotatable bonds is 6. The van der Waals surface area contributed by atoms with E-state index in [0.29, 0.717) is 28.9 Å². The van der Waals surface area contributed by atoms with Crippen molar-refractivity contribution in [1.29, 1.82) is 0 Å². The topological polar surface area (TPSA) is 93.2 Å². The standard InChI is InChI=1S/C18H17FN4O3S/c1-12-20-17(11-18(21-12)26-2)22-13-7-9-14(10-8-13)23-27(24,25)16-6-4-3-5-15(16)19/h3-11,23H,1-2H3,(H,20,21,22). The molecule has 0 spiro atoms. The van der Waals surface area contributed by atoms with E-state index in [-0.39, 0.29) is 0 Å². The normalized spacial score (nSPS) is 11.1. The Bertz CT molecular complexity index is 1060. The van der Waals surface area contributed by atoms with Crippen LogP contribution >= 0.6 is 0 Å². The zero-order valence-electron chi connectivity index (χ0n) is 14.6. The van der Waals surface area contributed by atoms with E-state index in [2.05, 4.69) is 20.0 Å². The molecule has 0 saturated carbocycles. The molecule has 0 atom stereocenters. The van der Waals surface area contributed by atoms with Gasteiger partial charge in [0.05, 0.1) is 7.11 Å². The smallest absolute Gasteiger partial charge is 0.264 e. The lowest BCUT2D eigenvalue weighted by Crippen LogP contribution is -2.14. The Morgan fingerprint density at radius 1 is 1.00 bits per heavy atom. The number of hydrogen-bond acceptors (Lipinski definition) is 6. The van der Waals surface area contributed by atoms with E-state index in [1.807, 2.05) is 0 Å². The molecule has 9 heteroatoms. The van der Waals surface area contributed by atoms with Crippen molar-refractivity contribution >= 4 is 27.2 Å². The van der Waals surface area contributed by atoms with E-state index in [0.717, 1.165) is 6.07 Å². The van der Waals surface area contributed by atoms with Crippen LogP contribution in [0.5, 0.6) is 5.88 Å². The van der Waals surface area contributed by atoms with Gasteiger partial charge in [-0.1, -0.05) is 12.1 Å². The first-order chi connectivity index (χ1) is 12.9. The Morgan fingerprint density at radius 2 is 1.67 bits per heavy atom. The van der Waals surface area contributed by atoms with E-state index in [4.69, 9.17) is 4.74 Å². The molecule has 0 aliphatic heterocycles. The van der Waals surface area contributed by atoms with Crippen LogP contribution in [0.3, 0.4) is 0 Å².